The summed E-state index contributed by atoms with van der Waals surface area (Å²) in [6, 6.07) is 7.14. The lowest BCUT2D eigenvalue weighted by Crippen LogP contribution is -2.50. The molecule has 35 heavy (non-hydrogen) atoms. The summed E-state index contributed by atoms with van der Waals surface area (Å²) in [6.45, 7) is 5.90. The Morgan fingerprint density at radius 1 is 1.17 bits per heavy atom. The summed E-state index contributed by atoms with van der Waals surface area (Å²) in [5.74, 6) is -0.547. The van der Waals surface area contributed by atoms with Crippen molar-refractivity contribution in [2.45, 2.75) is 58.0 Å². The van der Waals surface area contributed by atoms with E-state index in [0.29, 0.717) is 18.5 Å². The Hall–Kier alpha value is -3.20. The van der Waals surface area contributed by atoms with Crippen LogP contribution < -0.4 is 10.6 Å². The van der Waals surface area contributed by atoms with Crippen molar-refractivity contribution >= 4 is 40.8 Å². The van der Waals surface area contributed by atoms with Crippen LogP contribution in [0.2, 0.25) is 0 Å². The first-order valence-corrected chi connectivity index (χ1v) is 12.8. The van der Waals surface area contributed by atoms with Crippen molar-refractivity contribution in [3.05, 3.63) is 51.2 Å². The highest BCUT2D eigenvalue weighted by Crippen LogP contribution is 2.43. The van der Waals surface area contributed by atoms with E-state index in [1.165, 1.54) is 4.90 Å². The van der Waals surface area contributed by atoms with Crippen LogP contribution in [0.4, 0.5) is 10.5 Å². The Morgan fingerprint density at radius 3 is 2.57 bits per heavy atom. The van der Waals surface area contributed by atoms with Gasteiger partial charge in [-0.25, -0.2) is 4.79 Å². The third-order valence-corrected chi connectivity index (χ3v) is 8.94. The number of fused-ring (bicyclic) bond motifs is 1. The molecule has 0 radical (unpaired) electrons. The number of rotatable bonds is 4. The summed E-state index contributed by atoms with van der Waals surface area (Å²) in [6.07, 6.45) is 2.45. The topological polar surface area (TPSA) is 98.8 Å². The molecule has 1 aromatic heterocycles. The zero-order chi connectivity index (χ0) is 25.1. The van der Waals surface area contributed by atoms with E-state index in [-0.39, 0.29) is 36.3 Å². The van der Waals surface area contributed by atoms with E-state index in [2.05, 4.69) is 16.7 Å². The summed E-state index contributed by atoms with van der Waals surface area (Å²) in [4.78, 5) is 55.3. The number of anilines is 1. The Bertz CT molecular complexity index is 1250. The first-order valence-electron chi connectivity index (χ1n) is 11.9. The highest BCUT2D eigenvalue weighted by molar-refractivity contribution is 7.10. The average Bonchev–Trinajstić information content (AvgIpc) is 3.45. The van der Waals surface area contributed by atoms with Gasteiger partial charge in [-0.1, -0.05) is 19.9 Å². The van der Waals surface area contributed by atoms with Crippen molar-refractivity contribution in [3.8, 4) is 0 Å². The zero-order valence-corrected chi connectivity index (χ0v) is 21.3. The number of piperidine rings is 1. The number of hydrogen-bond acceptors (Lipinski definition) is 5. The number of likely N-dealkylation sites (N-methyl/N-ethyl adjacent to an activating group) is 1. The monoisotopic (exact) mass is 494 g/mol. The molecule has 2 fully saturated rings. The lowest BCUT2D eigenvalue weighted by atomic mass is 9.79. The van der Waals surface area contributed by atoms with E-state index >= 15 is 0 Å². The van der Waals surface area contributed by atoms with E-state index in [1.54, 1.807) is 23.3 Å². The SMILES string of the molecule is Cc1ccsc1[C@H]1CCC(C)(C)C(=O)N1CC(=O)Nc1ccc2c(c1)C[C@@]1(C2)C(=O)NC(=O)N1C. The van der Waals surface area contributed by atoms with Crippen molar-refractivity contribution in [3.63, 3.8) is 0 Å². The van der Waals surface area contributed by atoms with Crippen LogP contribution in [-0.4, -0.2) is 52.7 Å². The van der Waals surface area contributed by atoms with Gasteiger partial charge in [0.25, 0.3) is 5.91 Å². The van der Waals surface area contributed by atoms with Crippen LogP contribution in [0, 0.1) is 12.3 Å². The van der Waals surface area contributed by atoms with Gasteiger partial charge in [-0.2, -0.15) is 0 Å². The number of imide groups is 1. The van der Waals surface area contributed by atoms with E-state index in [0.717, 1.165) is 34.4 Å². The van der Waals surface area contributed by atoms with E-state index in [9.17, 15) is 19.2 Å². The first-order chi connectivity index (χ1) is 16.5. The second-order valence-electron chi connectivity index (χ2n) is 10.6. The van der Waals surface area contributed by atoms with Crippen LogP contribution in [0.25, 0.3) is 0 Å². The molecule has 184 valence electrons. The number of aryl methyl sites for hydroxylation is 1. The fourth-order valence-corrected chi connectivity index (χ4v) is 6.68. The summed E-state index contributed by atoms with van der Waals surface area (Å²) in [7, 11) is 1.64. The van der Waals surface area contributed by atoms with Gasteiger partial charge in [-0.05, 0) is 60.0 Å². The minimum atomic E-state index is -0.903. The maximum Gasteiger partial charge on any atom is 0.324 e. The van der Waals surface area contributed by atoms with Gasteiger partial charge in [0.1, 0.15) is 12.1 Å². The van der Waals surface area contributed by atoms with Gasteiger partial charge in [0.15, 0.2) is 0 Å². The van der Waals surface area contributed by atoms with Crippen molar-refractivity contribution in [1.29, 1.82) is 0 Å². The molecule has 1 aliphatic carbocycles. The van der Waals surface area contributed by atoms with Crippen LogP contribution in [0.1, 0.15) is 54.3 Å². The summed E-state index contributed by atoms with van der Waals surface area (Å²) < 4.78 is 0. The number of likely N-dealkylation sites (tertiary alicyclic amines) is 1. The molecule has 5 amide bonds. The molecule has 5 rings (SSSR count). The van der Waals surface area contributed by atoms with Crippen molar-refractivity contribution in [2.75, 3.05) is 18.9 Å². The van der Waals surface area contributed by atoms with Crippen molar-refractivity contribution < 1.29 is 19.2 Å². The van der Waals surface area contributed by atoms with Gasteiger partial charge in [0.2, 0.25) is 11.8 Å². The molecule has 2 atom stereocenters. The number of carbonyl (C=O) groups is 4. The highest BCUT2D eigenvalue weighted by atomic mass is 32.1. The molecule has 0 saturated carbocycles. The molecule has 3 heterocycles. The molecule has 2 saturated heterocycles. The second kappa shape index (κ2) is 8.19. The standard InChI is InChI=1S/C26H30N4O4S/c1-15-8-10-35-21(15)19-7-9-25(2,3)23(33)30(19)14-20(31)27-18-6-5-16-12-26(13-17(16)11-18)22(32)28-24(34)29(26)4/h5-6,8,10-11,19H,7,9,12-14H2,1-4H3,(H,27,31)(H,28,32,34)/t19-,26+/m1/s1. The minimum Gasteiger partial charge on any atom is -0.325 e. The molecular weight excluding hydrogens is 464 g/mol. The van der Waals surface area contributed by atoms with Crippen LogP contribution in [0.3, 0.4) is 0 Å². The van der Waals surface area contributed by atoms with E-state index in [4.69, 9.17) is 0 Å². The predicted molar refractivity (Wildman–Crippen MR) is 133 cm³/mol. The fraction of sp³-hybridized carbons (Fsp3) is 0.462. The molecule has 0 unspecified atom stereocenters. The number of nitrogens with zero attached hydrogens (tertiary/aromatic N) is 2. The van der Waals surface area contributed by atoms with Crippen LogP contribution in [0.15, 0.2) is 29.6 Å². The molecule has 1 aromatic carbocycles. The number of carbonyl (C=O) groups excluding carboxylic acids is 4. The van der Waals surface area contributed by atoms with Gasteiger partial charge in [-0.3, -0.25) is 19.7 Å². The van der Waals surface area contributed by atoms with Crippen LogP contribution >= 0.6 is 11.3 Å². The highest BCUT2D eigenvalue weighted by Gasteiger charge is 2.54. The Balaban J connectivity index is 1.33. The molecular formula is C26H30N4O4S. The predicted octanol–water partition coefficient (Wildman–Crippen LogP) is 3.40. The van der Waals surface area contributed by atoms with Gasteiger partial charge in [0, 0.05) is 35.9 Å². The maximum absolute atomic E-state index is 13.3. The van der Waals surface area contributed by atoms with Gasteiger partial charge >= 0.3 is 6.03 Å². The number of benzene rings is 1. The second-order valence-corrected chi connectivity index (χ2v) is 11.5. The molecule has 3 aliphatic rings. The molecule has 1 spiro atoms. The number of amides is 5. The van der Waals surface area contributed by atoms with Gasteiger partial charge < -0.3 is 15.1 Å². The Kier molecular flexibility index (Phi) is 5.51. The zero-order valence-electron chi connectivity index (χ0n) is 20.4. The van der Waals surface area contributed by atoms with E-state index in [1.807, 2.05) is 44.4 Å². The number of urea groups is 1. The molecule has 8 nitrogen and oxygen atoms in total. The third-order valence-electron chi connectivity index (χ3n) is 7.82. The lowest BCUT2D eigenvalue weighted by molar-refractivity contribution is -0.150. The smallest absolute Gasteiger partial charge is 0.324 e. The molecule has 2 aromatic rings. The van der Waals surface area contributed by atoms with Crippen LogP contribution in [0.5, 0.6) is 0 Å². The Morgan fingerprint density at radius 2 is 1.91 bits per heavy atom. The maximum atomic E-state index is 13.3. The fourth-order valence-electron chi connectivity index (χ4n) is 5.60. The Labute approximate surface area is 208 Å². The lowest BCUT2D eigenvalue weighted by Gasteiger charge is -2.42. The molecule has 0 bridgehead atoms. The number of thiophene rings is 1. The molecule has 2 aliphatic heterocycles. The van der Waals surface area contributed by atoms with Crippen LogP contribution in [-0.2, 0) is 27.2 Å². The number of hydrogen-bond donors (Lipinski definition) is 2. The molecule has 2 N–H and O–H groups in total. The van der Waals surface area contributed by atoms with E-state index < -0.39 is 11.0 Å². The third kappa shape index (κ3) is 3.82. The summed E-state index contributed by atoms with van der Waals surface area (Å²) in [5, 5.41) is 7.37. The summed E-state index contributed by atoms with van der Waals surface area (Å²) in [5.41, 5.74) is 2.27. The van der Waals surface area contributed by atoms with Crippen molar-refractivity contribution in [2.24, 2.45) is 5.41 Å². The van der Waals surface area contributed by atoms with Gasteiger partial charge in [-0.15, -0.1) is 11.3 Å². The minimum absolute atomic E-state index is 0.00690. The summed E-state index contributed by atoms with van der Waals surface area (Å²) >= 11 is 1.63. The average molecular weight is 495 g/mol. The number of nitrogens with one attached hydrogen (secondary N) is 2. The molecule has 9 heteroatoms. The van der Waals surface area contributed by atoms with Gasteiger partial charge in [0.05, 0.1) is 6.04 Å². The first kappa shape index (κ1) is 23.5. The largest absolute Gasteiger partial charge is 0.325 e. The normalized spacial score (nSPS) is 25.3. The quantitative estimate of drug-likeness (QED) is 0.637. The van der Waals surface area contributed by atoms with Crippen molar-refractivity contribution in [1.82, 2.24) is 15.1 Å².